The van der Waals surface area contributed by atoms with Crippen molar-refractivity contribution in [3.63, 3.8) is 0 Å². The van der Waals surface area contributed by atoms with Crippen LogP contribution in [-0.4, -0.2) is 28.6 Å². The number of aryl methyl sites for hydroxylation is 1. The minimum atomic E-state index is -3.58. The van der Waals surface area contributed by atoms with E-state index in [1.807, 2.05) is 0 Å². The average molecular weight is 343 g/mol. The van der Waals surface area contributed by atoms with E-state index in [2.05, 4.69) is 4.72 Å². The van der Waals surface area contributed by atoms with Gasteiger partial charge in [-0.05, 0) is 49.4 Å². The van der Waals surface area contributed by atoms with Crippen LogP contribution in [0, 0.1) is 0 Å². The van der Waals surface area contributed by atoms with Gasteiger partial charge in [-0.2, -0.15) is 0 Å². The predicted octanol–water partition coefficient (Wildman–Crippen LogP) is 2.02. The summed E-state index contributed by atoms with van der Waals surface area (Å²) >= 11 is 0. The molecule has 3 rings (SSSR count). The quantitative estimate of drug-likeness (QED) is 0.910. The number of benzene rings is 1. The number of sulfonamides is 1. The molecule has 7 heteroatoms. The maximum atomic E-state index is 12.5. The van der Waals surface area contributed by atoms with Crippen LogP contribution in [0.5, 0.6) is 0 Å². The highest BCUT2D eigenvalue weighted by atomic mass is 32.2. The minimum Gasteiger partial charge on any atom is -0.224 e. The zero-order valence-corrected chi connectivity index (χ0v) is 14.0. The van der Waals surface area contributed by atoms with Crippen molar-refractivity contribution in [1.29, 1.82) is 0 Å². The summed E-state index contributed by atoms with van der Waals surface area (Å²) < 4.78 is 51.7. The van der Waals surface area contributed by atoms with Crippen LogP contribution < -0.4 is 4.72 Å². The van der Waals surface area contributed by atoms with Gasteiger partial charge in [0.15, 0.2) is 9.84 Å². The number of hydrogen-bond donors (Lipinski definition) is 1. The molecule has 0 spiro atoms. The van der Waals surface area contributed by atoms with E-state index in [1.165, 1.54) is 18.2 Å². The summed E-state index contributed by atoms with van der Waals surface area (Å²) in [6.45, 7) is 0. The minimum absolute atomic E-state index is 0.00137. The Balaban J connectivity index is 1.88. The van der Waals surface area contributed by atoms with E-state index in [-0.39, 0.29) is 21.6 Å². The molecule has 2 aliphatic rings. The Morgan fingerprint density at radius 2 is 1.77 bits per heavy atom. The highest BCUT2D eigenvalue weighted by molar-refractivity contribution is 7.91. The van der Waals surface area contributed by atoms with Crippen LogP contribution in [-0.2, 0) is 26.3 Å². The Morgan fingerprint density at radius 1 is 1.05 bits per heavy atom. The molecule has 0 bridgehead atoms. The van der Waals surface area contributed by atoms with Crippen LogP contribution in [0.3, 0.4) is 0 Å². The van der Waals surface area contributed by atoms with Gasteiger partial charge in [-0.15, -0.1) is 0 Å². The van der Waals surface area contributed by atoms with E-state index in [4.69, 9.17) is 0 Å². The largest absolute Gasteiger partial charge is 0.240 e. The second-order valence-electron chi connectivity index (χ2n) is 6.15. The lowest BCUT2D eigenvalue weighted by Gasteiger charge is -2.23. The molecule has 1 aliphatic carbocycles. The summed E-state index contributed by atoms with van der Waals surface area (Å²) in [4.78, 5) is 0.462. The summed E-state index contributed by atoms with van der Waals surface area (Å²) in [6, 6.07) is 4.38. The lowest BCUT2D eigenvalue weighted by atomic mass is 9.96. The zero-order chi connectivity index (χ0) is 15.8. The highest BCUT2D eigenvalue weighted by Gasteiger charge is 2.27. The molecule has 1 N–H and O–H groups in total. The maximum Gasteiger partial charge on any atom is 0.240 e. The fourth-order valence-electron chi connectivity index (χ4n) is 3.29. The summed E-state index contributed by atoms with van der Waals surface area (Å²) in [6.07, 6.45) is 6.17. The van der Waals surface area contributed by atoms with Gasteiger partial charge in [0, 0.05) is 6.04 Å². The Hall–Kier alpha value is -0.920. The highest BCUT2D eigenvalue weighted by Crippen LogP contribution is 2.28. The van der Waals surface area contributed by atoms with Gasteiger partial charge in [-0.25, -0.2) is 21.6 Å². The van der Waals surface area contributed by atoms with Gasteiger partial charge in [0.05, 0.1) is 15.5 Å². The van der Waals surface area contributed by atoms with Gasteiger partial charge in [0.1, 0.15) is 0 Å². The van der Waals surface area contributed by atoms with Crippen LogP contribution in [0.4, 0.5) is 0 Å². The third kappa shape index (κ3) is 3.21. The van der Waals surface area contributed by atoms with E-state index in [9.17, 15) is 16.8 Å². The standard InChI is InChI=1S/C15H21NO4S2/c17-21(18)10-4-5-12-11-14(8-9-15(12)21)22(19,20)16-13-6-2-1-3-7-13/h8-9,11,13,16H,1-7,10H2. The second-order valence-corrected chi connectivity index (χ2v) is 9.94. The molecule has 0 radical (unpaired) electrons. The van der Waals surface area contributed by atoms with Gasteiger partial charge in [0.2, 0.25) is 10.0 Å². The number of hydrogen-bond acceptors (Lipinski definition) is 4. The van der Waals surface area contributed by atoms with Crippen molar-refractivity contribution in [3.05, 3.63) is 23.8 Å². The SMILES string of the molecule is O=S1(=O)CCCc2cc(S(=O)(=O)NC3CCCCC3)ccc21. The van der Waals surface area contributed by atoms with Crippen molar-refractivity contribution >= 4 is 19.9 Å². The third-order valence-electron chi connectivity index (χ3n) is 4.46. The second kappa shape index (κ2) is 5.94. The molecule has 5 nitrogen and oxygen atoms in total. The molecule has 0 saturated heterocycles. The molecule has 0 aromatic heterocycles. The normalized spacial score (nSPS) is 22.2. The molecule has 1 aliphatic heterocycles. The van der Waals surface area contributed by atoms with E-state index in [0.717, 1.165) is 32.1 Å². The first-order valence-electron chi connectivity index (χ1n) is 7.76. The van der Waals surface area contributed by atoms with Crippen molar-refractivity contribution in [1.82, 2.24) is 4.72 Å². The lowest BCUT2D eigenvalue weighted by molar-refractivity contribution is 0.412. The van der Waals surface area contributed by atoms with Crippen molar-refractivity contribution in [2.75, 3.05) is 5.75 Å². The van der Waals surface area contributed by atoms with Gasteiger partial charge >= 0.3 is 0 Å². The van der Waals surface area contributed by atoms with Crippen molar-refractivity contribution < 1.29 is 16.8 Å². The lowest BCUT2D eigenvalue weighted by Crippen LogP contribution is -2.36. The molecule has 1 aromatic rings. The Labute approximate surface area is 132 Å². The molecule has 1 heterocycles. The molecule has 122 valence electrons. The molecule has 0 unspecified atom stereocenters. The zero-order valence-electron chi connectivity index (χ0n) is 12.4. The van der Waals surface area contributed by atoms with Gasteiger partial charge in [-0.1, -0.05) is 19.3 Å². The smallest absolute Gasteiger partial charge is 0.224 e. The first kappa shape index (κ1) is 16.0. The summed E-state index contributed by atoms with van der Waals surface area (Å²) in [5.41, 5.74) is 0.623. The molecular formula is C15H21NO4S2. The first-order chi connectivity index (χ1) is 10.4. The molecule has 1 fully saturated rings. The van der Waals surface area contributed by atoms with Crippen LogP contribution in [0.25, 0.3) is 0 Å². The summed E-state index contributed by atoms with van der Waals surface area (Å²) in [5.74, 6) is 0.145. The molecule has 0 amide bonds. The van der Waals surface area contributed by atoms with Gasteiger partial charge < -0.3 is 0 Å². The number of rotatable bonds is 3. The fourth-order valence-corrected chi connectivity index (χ4v) is 6.23. The van der Waals surface area contributed by atoms with Gasteiger partial charge in [-0.3, -0.25) is 0 Å². The fraction of sp³-hybridized carbons (Fsp3) is 0.600. The third-order valence-corrected chi connectivity index (χ3v) is 7.88. The molecule has 0 atom stereocenters. The van der Waals surface area contributed by atoms with Crippen LogP contribution in [0.2, 0.25) is 0 Å². The number of sulfone groups is 1. The monoisotopic (exact) mass is 343 g/mol. The van der Waals surface area contributed by atoms with Crippen molar-refractivity contribution in [3.8, 4) is 0 Å². The maximum absolute atomic E-state index is 12.5. The predicted molar refractivity (Wildman–Crippen MR) is 84.0 cm³/mol. The molecule has 1 saturated carbocycles. The van der Waals surface area contributed by atoms with E-state index in [0.29, 0.717) is 18.4 Å². The Kier molecular flexibility index (Phi) is 4.31. The Bertz CT molecular complexity index is 763. The number of nitrogens with one attached hydrogen (secondary N) is 1. The molecule has 1 aromatic carbocycles. The summed E-state index contributed by atoms with van der Waals surface area (Å²) in [5, 5.41) is 0. The molecular weight excluding hydrogens is 322 g/mol. The van der Waals surface area contributed by atoms with E-state index < -0.39 is 19.9 Å². The van der Waals surface area contributed by atoms with Crippen LogP contribution in [0.1, 0.15) is 44.1 Å². The van der Waals surface area contributed by atoms with Crippen LogP contribution >= 0.6 is 0 Å². The summed E-state index contributed by atoms with van der Waals surface area (Å²) in [7, 11) is -6.82. The van der Waals surface area contributed by atoms with Crippen molar-refractivity contribution in [2.24, 2.45) is 0 Å². The molecule has 22 heavy (non-hydrogen) atoms. The average Bonchev–Trinajstić information content (AvgIpc) is 2.47. The first-order valence-corrected chi connectivity index (χ1v) is 10.9. The topological polar surface area (TPSA) is 80.3 Å². The Morgan fingerprint density at radius 3 is 2.50 bits per heavy atom. The van der Waals surface area contributed by atoms with E-state index >= 15 is 0 Å². The van der Waals surface area contributed by atoms with Gasteiger partial charge in [0.25, 0.3) is 0 Å². The number of fused-ring (bicyclic) bond motifs is 1. The van der Waals surface area contributed by atoms with Crippen LogP contribution in [0.15, 0.2) is 28.0 Å². The van der Waals surface area contributed by atoms with E-state index in [1.54, 1.807) is 0 Å². The van der Waals surface area contributed by atoms with Crippen molar-refractivity contribution in [2.45, 2.75) is 60.8 Å².